The summed E-state index contributed by atoms with van der Waals surface area (Å²) in [6.07, 6.45) is 5.15. The van der Waals surface area contributed by atoms with Crippen LogP contribution in [0.4, 0.5) is 10.2 Å². The van der Waals surface area contributed by atoms with Gasteiger partial charge in [-0.3, -0.25) is 4.72 Å². The Hall–Kier alpha value is -2.40. The fraction of sp³-hybridized carbons (Fsp3) is 0.375. The number of nitriles is 1. The van der Waals surface area contributed by atoms with E-state index in [9.17, 15) is 18.1 Å². The lowest BCUT2D eigenvalue weighted by Crippen LogP contribution is -2.20. The molecule has 0 radical (unpaired) electrons. The molecule has 6 nitrogen and oxygen atoms in total. The number of anilines is 1. The van der Waals surface area contributed by atoms with Crippen LogP contribution in [0.2, 0.25) is 0 Å². The molecule has 1 fully saturated rings. The van der Waals surface area contributed by atoms with Crippen LogP contribution >= 0.6 is 0 Å². The molecule has 1 saturated carbocycles. The van der Waals surface area contributed by atoms with Gasteiger partial charge in [0.05, 0.1) is 12.2 Å². The lowest BCUT2D eigenvalue weighted by molar-refractivity contribution is 0.473. The van der Waals surface area contributed by atoms with Gasteiger partial charge in [0.2, 0.25) is 0 Å². The summed E-state index contributed by atoms with van der Waals surface area (Å²) in [5, 5.41) is 13.4. The number of halogens is 1. The molecule has 24 heavy (non-hydrogen) atoms. The van der Waals surface area contributed by atoms with Gasteiger partial charge < -0.3 is 0 Å². The quantitative estimate of drug-likeness (QED) is 0.919. The molecule has 1 aromatic heterocycles. The maximum Gasteiger partial charge on any atom is 0.266 e. The van der Waals surface area contributed by atoms with E-state index in [1.54, 1.807) is 4.68 Å². The van der Waals surface area contributed by atoms with Crippen LogP contribution in [0, 0.1) is 24.1 Å². The standard InChI is InChI=1S/C16H17FN4O2S/c1-11-5-4-8-14(17)15(11)24(22,23)20-16-12(9-18)10-19-21(16)13-6-2-3-7-13/h4-5,8,10,13,20H,2-3,6-7H2,1H3. The molecule has 3 rings (SSSR count). The molecule has 1 aliphatic rings. The summed E-state index contributed by atoms with van der Waals surface area (Å²) < 4.78 is 43.3. The van der Waals surface area contributed by atoms with E-state index in [0.717, 1.165) is 31.7 Å². The summed E-state index contributed by atoms with van der Waals surface area (Å²) in [4.78, 5) is -0.409. The minimum absolute atomic E-state index is 0.0477. The second-order valence-electron chi connectivity index (χ2n) is 5.89. The van der Waals surface area contributed by atoms with Crippen molar-refractivity contribution in [2.75, 3.05) is 4.72 Å². The Morgan fingerprint density at radius 1 is 1.38 bits per heavy atom. The van der Waals surface area contributed by atoms with Gasteiger partial charge in [0.15, 0.2) is 5.82 Å². The molecule has 0 bridgehead atoms. The number of nitrogens with one attached hydrogen (secondary N) is 1. The number of hydrogen-bond donors (Lipinski definition) is 1. The van der Waals surface area contributed by atoms with Gasteiger partial charge in [0.1, 0.15) is 22.3 Å². The lowest BCUT2D eigenvalue weighted by Gasteiger charge is -2.16. The number of aryl methyl sites for hydroxylation is 1. The fourth-order valence-electron chi connectivity index (χ4n) is 3.11. The van der Waals surface area contributed by atoms with Crippen LogP contribution in [0.25, 0.3) is 0 Å². The van der Waals surface area contributed by atoms with Gasteiger partial charge in [-0.05, 0) is 31.4 Å². The second-order valence-corrected chi connectivity index (χ2v) is 7.51. The highest BCUT2D eigenvalue weighted by atomic mass is 32.2. The zero-order chi connectivity index (χ0) is 17.3. The van der Waals surface area contributed by atoms with Crippen molar-refractivity contribution in [2.45, 2.75) is 43.5 Å². The minimum atomic E-state index is -4.17. The van der Waals surface area contributed by atoms with Crippen molar-refractivity contribution in [3.05, 3.63) is 41.3 Å². The molecule has 1 N–H and O–H groups in total. The highest BCUT2D eigenvalue weighted by Crippen LogP contribution is 2.33. The molecule has 0 spiro atoms. The summed E-state index contributed by atoms with van der Waals surface area (Å²) >= 11 is 0. The summed E-state index contributed by atoms with van der Waals surface area (Å²) in [7, 11) is -4.17. The first-order chi connectivity index (χ1) is 11.4. The third kappa shape index (κ3) is 2.87. The van der Waals surface area contributed by atoms with E-state index in [2.05, 4.69) is 9.82 Å². The predicted octanol–water partition coefficient (Wildman–Crippen LogP) is 3.12. The number of nitrogens with zero attached hydrogens (tertiary/aromatic N) is 3. The van der Waals surface area contributed by atoms with Crippen molar-refractivity contribution >= 4 is 15.8 Å². The Labute approximate surface area is 140 Å². The monoisotopic (exact) mass is 348 g/mol. The summed E-state index contributed by atoms with van der Waals surface area (Å²) in [5.74, 6) is -0.722. The van der Waals surface area contributed by atoms with Gasteiger partial charge in [-0.1, -0.05) is 25.0 Å². The molecule has 0 atom stereocenters. The van der Waals surface area contributed by atoms with Crippen molar-refractivity contribution in [3.63, 3.8) is 0 Å². The Morgan fingerprint density at radius 3 is 2.71 bits per heavy atom. The first-order valence-electron chi connectivity index (χ1n) is 7.69. The zero-order valence-corrected chi connectivity index (χ0v) is 14.0. The van der Waals surface area contributed by atoms with E-state index in [-0.39, 0.29) is 17.4 Å². The molecule has 1 aliphatic carbocycles. The first kappa shape index (κ1) is 16.5. The van der Waals surface area contributed by atoms with Gasteiger partial charge in [0.25, 0.3) is 10.0 Å². The number of hydrogen-bond acceptors (Lipinski definition) is 4. The Morgan fingerprint density at radius 2 is 2.08 bits per heavy atom. The summed E-state index contributed by atoms with van der Waals surface area (Å²) in [5.41, 5.74) is 0.424. The van der Waals surface area contributed by atoms with Crippen molar-refractivity contribution in [1.82, 2.24) is 9.78 Å². The molecule has 0 unspecified atom stereocenters. The van der Waals surface area contributed by atoms with Crippen molar-refractivity contribution < 1.29 is 12.8 Å². The average molecular weight is 348 g/mol. The highest BCUT2D eigenvalue weighted by Gasteiger charge is 2.28. The van der Waals surface area contributed by atoms with Crippen LogP contribution in [-0.4, -0.2) is 18.2 Å². The fourth-order valence-corrected chi connectivity index (χ4v) is 4.48. The Balaban J connectivity index is 2.04. The third-order valence-corrected chi connectivity index (χ3v) is 5.77. The van der Waals surface area contributed by atoms with E-state index in [1.165, 1.54) is 25.3 Å². The minimum Gasteiger partial charge on any atom is -0.262 e. The van der Waals surface area contributed by atoms with E-state index < -0.39 is 20.7 Å². The molecule has 0 amide bonds. The van der Waals surface area contributed by atoms with Crippen LogP contribution < -0.4 is 4.72 Å². The SMILES string of the molecule is Cc1cccc(F)c1S(=O)(=O)Nc1c(C#N)cnn1C1CCCC1. The van der Waals surface area contributed by atoms with Crippen LogP contribution in [0.5, 0.6) is 0 Å². The van der Waals surface area contributed by atoms with Crippen LogP contribution in [0.1, 0.15) is 42.9 Å². The summed E-state index contributed by atoms with van der Waals surface area (Å²) in [6.45, 7) is 1.52. The molecule has 0 aliphatic heterocycles. The largest absolute Gasteiger partial charge is 0.266 e. The van der Waals surface area contributed by atoms with E-state index in [0.29, 0.717) is 5.56 Å². The predicted molar refractivity (Wildman–Crippen MR) is 86.4 cm³/mol. The normalized spacial score (nSPS) is 15.4. The third-order valence-electron chi connectivity index (χ3n) is 4.25. The lowest BCUT2D eigenvalue weighted by atomic mass is 10.2. The van der Waals surface area contributed by atoms with Gasteiger partial charge in [0, 0.05) is 0 Å². The Bertz CT molecular complexity index is 888. The van der Waals surface area contributed by atoms with Gasteiger partial charge >= 0.3 is 0 Å². The highest BCUT2D eigenvalue weighted by molar-refractivity contribution is 7.92. The molecule has 0 saturated heterocycles. The Kier molecular flexibility index (Phi) is 4.28. The van der Waals surface area contributed by atoms with Gasteiger partial charge in [-0.15, -0.1) is 0 Å². The van der Waals surface area contributed by atoms with Gasteiger partial charge in [-0.2, -0.15) is 10.4 Å². The van der Waals surface area contributed by atoms with E-state index in [4.69, 9.17) is 0 Å². The number of sulfonamides is 1. The molecule has 1 heterocycles. The molecular formula is C16H17FN4O2S. The average Bonchev–Trinajstić information content (AvgIpc) is 3.15. The summed E-state index contributed by atoms with van der Waals surface area (Å²) in [6, 6.07) is 6.06. The topological polar surface area (TPSA) is 87.8 Å². The van der Waals surface area contributed by atoms with Gasteiger partial charge in [-0.25, -0.2) is 17.5 Å². The molecule has 2 aromatic rings. The number of benzene rings is 1. The van der Waals surface area contributed by atoms with Crippen LogP contribution in [0.3, 0.4) is 0 Å². The maximum atomic E-state index is 14.1. The zero-order valence-electron chi connectivity index (χ0n) is 13.2. The maximum absolute atomic E-state index is 14.1. The first-order valence-corrected chi connectivity index (χ1v) is 9.18. The molecule has 8 heteroatoms. The van der Waals surface area contributed by atoms with E-state index >= 15 is 0 Å². The second kappa shape index (κ2) is 6.24. The van der Waals surface area contributed by atoms with E-state index in [1.807, 2.05) is 6.07 Å². The molecular weight excluding hydrogens is 331 g/mol. The number of aromatic nitrogens is 2. The number of rotatable bonds is 4. The molecule has 126 valence electrons. The van der Waals surface area contributed by atoms with Crippen LogP contribution in [0.15, 0.2) is 29.3 Å². The van der Waals surface area contributed by atoms with Crippen LogP contribution in [-0.2, 0) is 10.0 Å². The van der Waals surface area contributed by atoms with Crippen molar-refractivity contribution in [3.8, 4) is 6.07 Å². The molecule has 1 aromatic carbocycles. The van der Waals surface area contributed by atoms with Crippen molar-refractivity contribution in [2.24, 2.45) is 0 Å². The smallest absolute Gasteiger partial charge is 0.262 e. The van der Waals surface area contributed by atoms with Crippen molar-refractivity contribution in [1.29, 1.82) is 5.26 Å².